The van der Waals surface area contributed by atoms with Crippen LogP contribution in [-0.4, -0.2) is 6.04 Å². The Hall–Kier alpha value is -1.26. The van der Waals surface area contributed by atoms with Gasteiger partial charge in [-0.3, -0.25) is 0 Å². The van der Waals surface area contributed by atoms with Crippen LogP contribution in [0, 0.1) is 13.8 Å². The summed E-state index contributed by atoms with van der Waals surface area (Å²) in [5.74, 6) is 2.72. The number of hydrogen-bond donors (Lipinski definition) is 1. The van der Waals surface area contributed by atoms with Gasteiger partial charge in [-0.15, -0.1) is 0 Å². The van der Waals surface area contributed by atoms with Crippen LogP contribution in [0.15, 0.2) is 33.2 Å². The summed E-state index contributed by atoms with van der Waals surface area (Å²) < 4.78 is 12.7. The number of rotatable bonds is 6. The number of ether oxygens (including phenoxy) is 1. The average Bonchev–Trinajstić information content (AvgIpc) is 2.76. The first-order chi connectivity index (χ1) is 9.95. The summed E-state index contributed by atoms with van der Waals surface area (Å²) >= 11 is 3.45. The summed E-state index contributed by atoms with van der Waals surface area (Å²) in [6.07, 6.45) is 0. The molecule has 1 N–H and O–H groups in total. The van der Waals surface area contributed by atoms with Gasteiger partial charge in [0, 0.05) is 10.5 Å². The third-order valence-corrected chi connectivity index (χ3v) is 3.74. The molecule has 2 rings (SSSR count). The monoisotopic (exact) mass is 351 g/mol. The minimum absolute atomic E-state index is 0.444. The molecular weight excluding hydrogens is 330 g/mol. The van der Waals surface area contributed by atoms with E-state index >= 15 is 0 Å². The van der Waals surface area contributed by atoms with E-state index in [1.165, 1.54) is 0 Å². The smallest absolute Gasteiger partial charge is 0.146 e. The molecule has 0 aliphatic heterocycles. The van der Waals surface area contributed by atoms with E-state index in [4.69, 9.17) is 9.15 Å². The molecule has 1 aromatic carbocycles. The van der Waals surface area contributed by atoms with Crippen molar-refractivity contribution in [1.29, 1.82) is 0 Å². The first-order valence-electron chi connectivity index (χ1n) is 7.16. The van der Waals surface area contributed by atoms with Crippen LogP contribution in [0.5, 0.6) is 5.75 Å². The van der Waals surface area contributed by atoms with E-state index in [1.54, 1.807) is 0 Å². The Labute approximate surface area is 134 Å². The lowest BCUT2D eigenvalue weighted by molar-refractivity contribution is 0.263. The molecule has 0 aliphatic carbocycles. The van der Waals surface area contributed by atoms with Gasteiger partial charge in [-0.1, -0.05) is 29.8 Å². The van der Waals surface area contributed by atoms with Crippen LogP contribution < -0.4 is 10.1 Å². The third-order valence-electron chi connectivity index (χ3n) is 3.25. The number of nitrogens with one attached hydrogen (secondary N) is 1. The van der Waals surface area contributed by atoms with E-state index in [-0.39, 0.29) is 0 Å². The Morgan fingerprint density at radius 3 is 2.62 bits per heavy atom. The van der Waals surface area contributed by atoms with Crippen molar-refractivity contribution < 1.29 is 9.15 Å². The van der Waals surface area contributed by atoms with Gasteiger partial charge in [-0.2, -0.15) is 0 Å². The zero-order chi connectivity index (χ0) is 15.4. The van der Waals surface area contributed by atoms with Gasteiger partial charge < -0.3 is 14.5 Å². The Morgan fingerprint density at radius 2 is 1.95 bits per heavy atom. The Kier molecular flexibility index (Phi) is 5.48. The summed E-state index contributed by atoms with van der Waals surface area (Å²) in [6, 6.07) is 8.48. The SMILES string of the molecule is Cc1cc(Br)ccc1OCc1cc(C)c(CNC(C)C)o1. The Morgan fingerprint density at radius 1 is 1.19 bits per heavy atom. The molecule has 0 radical (unpaired) electrons. The van der Waals surface area contributed by atoms with Crippen molar-refractivity contribution in [1.82, 2.24) is 5.32 Å². The second kappa shape index (κ2) is 7.14. The lowest BCUT2D eigenvalue weighted by Gasteiger charge is -2.08. The van der Waals surface area contributed by atoms with E-state index in [0.29, 0.717) is 12.6 Å². The minimum atomic E-state index is 0.444. The second-order valence-electron chi connectivity index (χ2n) is 5.55. The van der Waals surface area contributed by atoms with E-state index in [2.05, 4.69) is 42.0 Å². The maximum Gasteiger partial charge on any atom is 0.146 e. The van der Waals surface area contributed by atoms with Gasteiger partial charge in [0.25, 0.3) is 0 Å². The Balaban J connectivity index is 1.98. The van der Waals surface area contributed by atoms with Crippen molar-refractivity contribution >= 4 is 15.9 Å². The molecule has 1 aromatic heterocycles. The van der Waals surface area contributed by atoms with Crippen LogP contribution in [0.3, 0.4) is 0 Å². The maximum atomic E-state index is 5.85. The molecule has 0 spiro atoms. The van der Waals surface area contributed by atoms with Crippen molar-refractivity contribution in [2.75, 3.05) is 0 Å². The second-order valence-corrected chi connectivity index (χ2v) is 6.47. The molecule has 0 saturated heterocycles. The number of halogens is 1. The molecule has 3 nitrogen and oxygen atoms in total. The summed E-state index contributed by atoms with van der Waals surface area (Å²) in [5.41, 5.74) is 2.27. The number of aryl methyl sites for hydroxylation is 2. The van der Waals surface area contributed by atoms with Gasteiger partial charge >= 0.3 is 0 Å². The van der Waals surface area contributed by atoms with Crippen molar-refractivity contribution in [2.24, 2.45) is 0 Å². The average molecular weight is 352 g/mol. The van der Waals surface area contributed by atoms with Crippen LogP contribution in [0.2, 0.25) is 0 Å². The minimum Gasteiger partial charge on any atom is -0.485 e. The highest BCUT2D eigenvalue weighted by Gasteiger charge is 2.09. The molecule has 0 saturated carbocycles. The number of hydrogen-bond acceptors (Lipinski definition) is 3. The van der Waals surface area contributed by atoms with Crippen LogP contribution in [0.4, 0.5) is 0 Å². The van der Waals surface area contributed by atoms with Crippen LogP contribution in [0.1, 0.15) is 36.5 Å². The van der Waals surface area contributed by atoms with Crippen LogP contribution in [0.25, 0.3) is 0 Å². The van der Waals surface area contributed by atoms with Crippen molar-refractivity contribution in [3.05, 3.63) is 51.4 Å². The van der Waals surface area contributed by atoms with E-state index in [0.717, 1.165) is 39.4 Å². The summed E-state index contributed by atoms with van der Waals surface area (Å²) in [6.45, 7) is 9.55. The summed E-state index contributed by atoms with van der Waals surface area (Å²) in [7, 11) is 0. The predicted octanol–water partition coefficient (Wildman–Crippen LogP) is 4.74. The largest absolute Gasteiger partial charge is 0.485 e. The van der Waals surface area contributed by atoms with Gasteiger partial charge in [-0.05, 0) is 49.2 Å². The summed E-state index contributed by atoms with van der Waals surface area (Å²) in [4.78, 5) is 0. The molecule has 2 aromatic rings. The normalized spacial score (nSPS) is 11.1. The Bertz CT molecular complexity index is 605. The fourth-order valence-corrected chi connectivity index (χ4v) is 2.53. The predicted molar refractivity (Wildman–Crippen MR) is 88.6 cm³/mol. The fraction of sp³-hybridized carbons (Fsp3) is 0.412. The summed E-state index contributed by atoms with van der Waals surface area (Å²) in [5, 5.41) is 3.37. The highest BCUT2D eigenvalue weighted by atomic mass is 79.9. The zero-order valence-electron chi connectivity index (χ0n) is 13.0. The fourth-order valence-electron chi connectivity index (χ4n) is 2.06. The lowest BCUT2D eigenvalue weighted by atomic mass is 10.2. The molecular formula is C17H22BrNO2. The molecule has 1 heterocycles. The molecule has 0 aliphatic rings. The highest BCUT2D eigenvalue weighted by Crippen LogP contribution is 2.24. The lowest BCUT2D eigenvalue weighted by Crippen LogP contribution is -2.21. The molecule has 0 fully saturated rings. The molecule has 0 atom stereocenters. The standard InChI is InChI=1S/C17H22BrNO2/c1-11(2)19-9-17-13(4)8-15(21-17)10-20-16-6-5-14(18)7-12(16)3/h5-8,11,19H,9-10H2,1-4H3. The first-order valence-corrected chi connectivity index (χ1v) is 7.95. The topological polar surface area (TPSA) is 34.4 Å². The zero-order valence-corrected chi connectivity index (χ0v) is 14.6. The van der Waals surface area contributed by atoms with Gasteiger partial charge in [0.15, 0.2) is 0 Å². The van der Waals surface area contributed by atoms with Gasteiger partial charge in [0.05, 0.1) is 6.54 Å². The molecule has 21 heavy (non-hydrogen) atoms. The van der Waals surface area contributed by atoms with E-state index in [1.807, 2.05) is 31.2 Å². The van der Waals surface area contributed by atoms with E-state index < -0.39 is 0 Å². The van der Waals surface area contributed by atoms with Crippen molar-refractivity contribution in [3.63, 3.8) is 0 Å². The molecule has 0 unspecified atom stereocenters. The van der Waals surface area contributed by atoms with E-state index in [9.17, 15) is 0 Å². The third kappa shape index (κ3) is 4.61. The molecule has 0 amide bonds. The van der Waals surface area contributed by atoms with Gasteiger partial charge in [-0.25, -0.2) is 0 Å². The molecule has 114 valence electrons. The van der Waals surface area contributed by atoms with Crippen LogP contribution >= 0.6 is 15.9 Å². The molecule has 4 heteroatoms. The number of furan rings is 1. The van der Waals surface area contributed by atoms with Gasteiger partial charge in [0.1, 0.15) is 23.9 Å². The first kappa shape index (κ1) is 16.1. The quantitative estimate of drug-likeness (QED) is 0.816. The number of benzene rings is 1. The van der Waals surface area contributed by atoms with Gasteiger partial charge in [0.2, 0.25) is 0 Å². The van der Waals surface area contributed by atoms with Crippen LogP contribution in [-0.2, 0) is 13.2 Å². The molecule has 0 bridgehead atoms. The maximum absolute atomic E-state index is 5.85. The highest BCUT2D eigenvalue weighted by molar-refractivity contribution is 9.10. The van der Waals surface area contributed by atoms with Crippen molar-refractivity contribution in [2.45, 2.75) is 46.9 Å². The van der Waals surface area contributed by atoms with Crippen molar-refractivity contribution in [3.8, 4) is 5.75 Å².